The minimum Gasteiger partial charge on any atom is -0.396 e. The van der Waals surface area contributed by atoms with Gasteiger partial charge in [-0.2, -0.15) is 12.6 Å². The van der Waals surface area contributed by atoms with Gasteiger partial charge in [-0.25, -0.2) is 0 Å². The first-order valence-corrected chi connectivity index (χ1v) is 4.85. The molecule has 0 heterocycles. The van der Waals surface area contributed by atoms with Crippen molar-refractivity contribution in [3.63, 3.8) is 0 Å². The monoisotopic (exact) mass is 191 g/mol. The van der Waals surface area contributed by atoms with Gasteiger partial charge < -0.3 is 10.4 Å². The number of aliphatic hydroxyl groups is 1. The molecule has 0 rings (SSSR count). The summed E-state index contributed by atoms with van der Waals surface area (Å²) in [6.45, 7) is 2.12. The molecule has 1 amide bonds. The van der Waals surface area contributed by atoms with Crippen molar-refractivity contribution in [2.75, 3.05) is 12.4 Å². The summed E-state index contributed by atoms with van der Waals surface area (Å²) in [5, 5.41) is 11.3. The Kier molecular flexibility index (Phi) is 7.29. The summed E-state index contributed by atoms with van der Waals surface area (Å²) in [5.41, 5.74) is 0. The van der Waals surface area contributed by atoms with Crippen molar-refractivity contribution in [3.05, 3.63) is 0 Å². The maximum absolute atomic E-state index is 11.0. The maximum atomic E-state index is 11.0. The lowest BCUT2D eigenvalue weighted by Gasteiger charge is -2.12. The summed E-state index contributed by atoms with van der Waals surface area (Å²) >= 11 is 3.95. The molecule has 3 nitrogen and oxygen atoms in total. The molecule has 1 atom stereocenters. The standard InChI is InChI=1S/C8H17NO2S/c1-7(3-2-5-10)9-8(11)4-6-12/h7,10,12H,2-6H2,1H3,(H,9,11). The van der Waals surface area contributed by atoms with Gasteiger partial charge in [0.1, 0.15) is 0 Å². The van der Waals surface area contributed by atoms with E-state index >= 15 is 0 Å². The predicted molar refractivity (Wildman–Crippen MR) is 52.4 cm³/mol. The Hall–Kier alpha value is -0.220. The molecule has 0 aliphatic carbocycles. The molecular weight excluding hydrogens is 174 g/mol. The number of carbonyl (C=O) groups is 1. The quantitative estimate of drug-likeness (QED) is 0.538. The summed E-state index contributed by atoms with van der Waals surface area (Å²) in [4.78, 5) is 11.0. The van der Waals surface area contributed by atoms with Crippen LogP contribution in [-0.4, -0.2) is 29.4 Å². The van der Waals surface area contributed by atoms with E-state index in [2.05, 4.69) is 17.9 Å². The van der Waals surface area contributed by atoms with Gasteiger partial charge in [-0.05, 0) is 25.5 Å². The van der Waals surface area contributed by atoms with Gasteiger partial charge in [0.2, 0.25) is 5.91 Å². The first kappa shape index (κ1) is 11.8. The van der Waals surface area contributed by atoms with E-state index in [4.69, 9.17) is 5.11 Å². The van der Waals surface area contributed by atoms with Crippen LogP contribution in [0.5, 0.6) is 0 Å². The van der Waals surface area contributed by atoms with Gasteiger partial charge in [0.25, 0.3) is 0 Å². The SMILES string of the molecule is CC(CCCO)NC(=O)CCS. The van der Waals surface area contributed by atoms with Crippen LogP contribution in [-0.2, 0) is 4.79 Å². The number of amides is 1. The van der Waals surface area contributed by atoms with E-state index in [0.717, 1.165) is 12.8 Å². The fraction of sp³-hybridized carbons (Fsp3) is 0.875. The number of rotatable bonds is 6. The van der Waals surface area contributed by atoms with E-state index in [9.17, 15) is 4.79 Å². The Morgan fingerprint density at radius 1 is 1.67 bits per heavy atom. The van der Waals surface area contributed by atoms with Crippen LogP contribution in [0.25, 0.3) is 0 Å². The van der Waals surface area contributed by atoms with Crippen molar-refractivity contribution in [3.8, 4) is 0 Å². The molecule has 72 valence electrons. The van der Waals surface area contributed by atoms with Crippen LogP contribution in [0, 0.1) is 0 Å². The van der Waals surface area contributed by atoms with Crippen molar-refractivity contribution in [1.82, 2.24) is 5.32 Å². The van der Waals surface area contributed by atoms with Gasteiger partial charge in [0, 0.05) is 19.1 Å². The Labute approximate surface area is 79.0 Å². The third kappa shape index (κ3) is 6.49. The smallest absolute Gasteiger partial charge is 0.221 e. The van der Waals surface area contributed by atoms with Crippen LogP contribution in [0.3, 0.4) is 0 Å². The highest BCUT2D eigenvalue weighted by molar-refractivity contribution is 7.80. The number of thiol groups is 1. The third-order valence-corrected chi connectivity index (χ3v) is 1.77. The zero-order valence-electron chi connectivity index (χ0n) is 7.42. The van der Waals surface area contributed by atoms with Gasteiger partial charge in [-0.3, -0.25) is 4.79 Å². The average molecular weight is 191 g/mol. The molecule has 0 spiro atoms. The van der Waals surface area contributed by atoms with Crippen molar-refractivity contribution in [1.29, 1.82) is 0 Å². The van der Waals surface area contributed by atoms with Crippen LogP contribution >= 0.6 is 12.6 Å². The number of nitrogens with one attached hydrogen (secondary N) is 1. The summed E-state index contributed by atoms with van der Waals surface area (Å²) in [5.74, 6) is 0.619. The van der Waals surface area contributed by atoms with Gasteiger partial charge in [0.15, 0.2) is 0 Å². The first-order valence-electron chi connectivity index (χ1n) is 4.21. The summed E-state index contributed by atoms with van der Waals surface area (Å²) in [7, 11) is 0. The highest BCUT2D eigenvalue weighted by Gasteiger charge is 2.04. The first-order chi connectivity index (χ1) is 5.70. The molecule has 0 radical (unpaired) electrons. The van der Waals surface area contributed by atoms with E-state index in [1.807, 2.05) is 6.92 Å². The Bertz CT molecular complexity index is 130. The molecule has 1 unspecified atom stereocenters. The number of hydrogen-bond acceptors (Lipinski definition) is 3. The van der Waals surface area contributed by atoms with Crippen molar-refractivity contribution in [2.24, 2.45) is 0 Å². The van der Waals surface area contributed by atoms with Crippen molar-refractivity contribution >= 4 is 18.5 Å². The molecule has 0 saturated carbocycles. The zero-order chi connectivity index (χ0) is 9.40. The Morgan fingerprint density at radius 2 is 2.33 bits per heavy atom. The molecule has 0 aliphatic rings. The van der Waals surface area contributed by atoms with Crippen LogP contribution < -0.4 is 5.32 Å². The van der Waals surface area contributed by atoms with E-state index in [-0.39, 0.29) is 18.6 Å². The molecule has 0 aromatic heterocycles. The molecule has 0 fully saturated rings. The molecule has 0 bridgehead atoms. The third-order valence-electron chi connectivity index (χ3n) is 1.54. The maximum Gasteiger partial charge on any atom is 0.221 e. The average Bonchev–Trinajstić information content (AvgIpc) is 2.01. The van der Waals surface area contributed by atoms with Crippen LogP contribution in [0.4, 0.5) is 0 Å². The lowest BCUT2D eigenvalue weighted by atomic mass is 10.2. The zero-order valence-corrected chi connectivity index (χ0v) is 8.31. The fourth-order valence-corrected chi connectivity index (χ4v) is 1.12. The van der Waals surface area contributed by atoms with E-state index in [0.29, 0.717) is 12.2 Å². The molecule has 0 aromatic rings. The second-order valence-electron chi connectivity index (χ2n) is 2.81. The molecular formula is C8H17NO2S. The van der Waals surface area contributed by atoms with E-state index < -0.39 is 0 Å². The predicted octanol–water partition coefficient (Wildman–Crippen LogP) is 0.583. The number of hydrogen-bond donors (Lipinski definition) is 3. The normalized spacial score (nSPS) is 12.6. The van der Waals surface area contributed by atoms with Crippen molar-refractivity contribution in [2.45, 2.75) is 32.2 Å². The molecule has 12 heavy (non-hydrogen) atoms. The lowest BCUT2D eigenvalue weighted by Crippen LogP contribution is -2.32. The minimum atomic E-state index is 0.0374. The second kappa shape index (κ2) is 7.43. The molecule has 2 N–H and O–H groups in total. The van der Waals surface area contributed by atoms with Gasteiger partial charge in [0.05, 0.1) is 0 Å². The Balaban J connectivity index is 3.40. The minimum absolute atomic E-state index is 0.0374. The second-order valence-corrected chi connectivity index (χ2v) is 3.26. The Morgan fingerprint density at radius 3 is 2.83 bits per heavy atom. The number of carbonyl (C=O) groups excluding carboxylic acids is 1. The largest absolute Gasteiger partial charge is 0.396 e. The van der Waals surface area contributed by atoms with Gasteiger partial charge in [-0.15, -0.1) is 0 Å². The molecule has 4 heteroatoms. The highest BCUT2D eigenvalue weighted by atomic mass is 32.1. The lowest BCUT2D eigenvalue weighted by molar-refractivity contribution is -0.121. The van der Waals surface area contributed by atoms with Crippen LogP contribution in [0.1, 0.15) is 26.2 Å². The van der Waals surface area contributed by atoms with Crippen LogP contribution in [0.15, 0.2) is 0 Å². The van der Waals surface area contributed by atoms with Crippen LogP contribution in [0.2, 0.25) is 0 Å². The topological polar surface area (TPSA) is 49.3 Å². The van der Waals surface area contributed by atoms with E-state index in [1.54, 1.807) is 0 Å². The van der Waals surface area contributed by atoms with Crippen molar-refractivity contribution < 1.29 is 9.90 Å². The fourth-order valence-electron chi connectivity index (χ4n) is 0.918. The molecule has 0 aromatic carbocycles. The van der Waals surface area contributed by atoms with Gasteiger partial charge in [-0.1, -0.05) is 0 Å². The highest BCUT2D eigenvalue weighted by Crippen LogP contribution is 1.96. The summed E-state index contributed by atoms with van der Waals surface area (Å²) < 4.78 is 0. The molecule has 0 aliphatic heterocycles. The molecule has 0 saturated heterocycles. The summed E-state index contributed by atoms with van der Waals surface area (Å²) in [6, 6.07) is 0.157. The van der Waals surface area contributed by atoms with Gasteiger partial charge >= 0.3 is 0 Å². The van der Waals surface area contributed by atoms with E-state index in [1.165, 1.54) is 0 Å². The number of aliphatic hydroxyl groups excluding tert-OH is 1. The summed E-state index contributed by atoms with van der Waals surface area (Å²) in [6.07, 6.45) is 2.03.